The highest BCUT2D eigenvalue weighted by molar-refractivity contribution is 9.11. The van der Waals surface area contributed by atoms with Crippen molar-refractivity contribution >= 4 is 37.3 Å². The zero-order valence-electron chi connectivity index (χ0n) is 9.93. The molecule has 2 aromatic rings. The summed E-state index contributed by atoms with van der Waals surface area (Å²) in [5, 5.41) is -0.0969. The number of furan rings is 1. The van der Waals surface area contributed by atoms with Gasteiger partial charge in [-0.3, -0.25) is 0 Å². The summed E-state index contributed by atoms with van der Waals surface area (Å²) in [4.78, 5) is 1.11. The average Bonchev–Trinajstić information content (AvgIpc) is 2.98. The molecule has 2 rings (SSSR count). The van der Waals surface area contributed by atoms with Crippen LogP contribution in [0, 0.1) is 0 Å². The second kappa shape index (κ2) is 6.19. The molecule has 2 heterocycles. The topological polar surface area (TPSA) is 85.3 Å². The summed E-state index contributed by atoms with van der Waals surface area (Å²) >= 11 is 4.95. The Morgan fingerprint density at radius 3 is 2.68 bits per heavy atom. The van der Waals surface area contributed by atoms with Crippen LogP contribution in [0.15, 0.2) is 37.6 Å². The molecule has 0 saturated carbocycles. The molecule has 5 nitrogen and oxygen atoms in total. The van der Waals surface area contributed by atoms with Crippen LogP contribution < -0.4 is 10.5 Å². The van der Waals surface area contributed by atoms with E-state index in [1.54, 1.807) is 17.4 Å². The number of nitrogens with one attached hydrogen (secondary N) is 1. The minimum atomic E-state index is -3.59. The highest BCUT2D eigenvalue weighted by atomic mass is 79.9. The molecule has 0 aromatic carbocycles. The minimum Gasteiger partial charge on any atom is -0.447 e. The highest BCUT2D eigenvalue weighted by Gasteiger charge is 2.17. The van der Waals surface area contributed by atoms with Crippen molar-refractivity contribution in [1.82, 2.24) is 4.72 Å². The van der Waals surface area contributed by atoms with Crippen LogP contribution in [-0.4, -0.2) is 15.0 Å². The molecule has 0 aliphatic carbocycles. The number of hydrogen-bond donors (Lipinski definition) is 2. The molecule has 2 aromatic heterocycles. The van der Waals surface area contributed by atoms with Gasteiger partial charge in [0.1, 0.15) is 5.76 Å². The Hall–Kier alpha value is -0.670. The molecule has 8 heteroatoms. The van der Waals surface area contributed by atoms with Gasteiger partial charge < -0.3 is 10.2 Å². The van der Waals surface area contributed by atoms with Gasteiger partial charge in [-0.25, -0.2) is 13.1 Å². The monoisotopic (exact) mass is 364 g/mol. The molecular formula is C11H13BrN2O3S2. The van der Waals surface area contributed by atoms with E-state index in [4.69, 9.17) is 10.2 Å². The third-order valence-electron chi connectivity index (χ3n) is 2.40. The first-order valence-corrected chi connectivity index (χ1v) is 8.63. The van der Waals surface area contributed by atoms with Crippen LogP contribution in [0.25, 0.3) is 0 Å². The Morgan fingerprint density at radius 2 is 2.11 bits per heavy atom. The van der Waals surface area contributed by atoms with Crippen molar-refractivity contribution in [2.24, 2.45) is 5.73 Å². The van der Waals surface area contributed by atoms with Gasteiger partial charge in [0.2, 0.25) is 5.09 Å². The van der Waals surface area contributed by atoms with Gasteiger partial charge in [-0.05, 0) is 46.6 Å². The van der Waals surface area contributed by atoms with Crippen molar-refractivity contribution in [3.8, 4) is 0 Å². The molecular weight excluding hydrogens is 352 g/mol. The first-order valence-electron chi connectivity index (χ1n) is 5.54. The van der Waals surface area contributed by atoms with E-state index in [2.05, 4.69) is 20.7 Å². The standard InChI is InChI=1S/C11H13BrN2O3S2/c12-10-3-2-9(18-10)5-6-14-19(15,16)11-4-1-8(7-13)17-11/h1-4,14H,5-7,13H2. The Labute approximate surface area is 124 Å². The molecule has 3 N–H and O–H groups in total. The van der Waals surface area contributed by atoms with Gasteiger partial charge in [-0.15, -0.1) is 11.3 Å². The van der Waals surface area contributed by atoms with Crippen LogP contribution >= 0.6 is 27.3 Å². The van der Waals surface area contributed by atoms with Gasteiger partial charge in [0.15, 0.2) is 0 Å². The number of sulfonamides is 1. The number of halogens is 1. The molecule has 104 valence electrons. The zero-order valence-corrected chi connectivity index (χ0v) is 13.1. The van der Waals surface area contributed by atoms with E-state index >= 15 is 0 Å². The first-order chi connectivity index (χ1) is 9.01. The van der Waals surface area contributed by atoms with Crippen LogP contribution in [0.5, 0.6) is 0 Å². The third kappa shape index (κ3) is 3.90. The maximum Gasteiger partial charge on any atom is 0.273 e. The van der Waals surface area contributed by atoms with E-state index in [1.165, 1.54) is 6.07 Å². The Balaban J connectivity index is 1.94. The van der Waals surface area contributed by atoms with E-state index in [9.17, 15) is 8.42 Å². The van der Waals surface area contributed by atoms with Crippen molar-refractivity contribution in [3.63, 3.8) is 0 Å². The molecule has 0 bridgehead atoms. The average molecular weight is 365 g/mol. The van der Waals surface area contributed by atoms with Crippen LogP contribution in [0.4, 0.5) is 0 Å². The van der Waals surface area contributed by atoms with E-state index in [-0.39, 0.29) is 11.6 Å². The molecule has 0 unspecified atom stereocenters. The fraction of sp³-hybridized carbons (Fsp3) is 0.273. The summed E-state index contributed by atoms with van der Waals surface area (Å²) in [7, 11) is -3.59. The van der Waals surface area contributed by atoms with Gasteiger partial charge in [-0.1, -0.05) is 0 Å². The predicted molar refractivity (Wildman–Crippen MR) is 77.5 cm³/mol. The molecule has 0 aliphatic heterocycles. The molecule has 19 heavy (non-hydrogen) atoms. The number of nitrogens with two attached hydrogens (primary N) is 1. The number of rotatable bonds is 6. The van der Waals surface area contributed by atoms with Crippen LogP contribution in [-0.2, 0) is 23.0 Å². The summed E-state index contributed by atoms with van der Waals surface area (Å²) in [6, 6.07) is 6.87. The Kier molecular flexibility index (Phi) is 4.80. The molecule has 0 atom stereocenters. The van der Waals surface area contributed by atoms with Crippen molar-refractivity contribution in [2.45, 2.75) is 18.1 Å². The predicted octanol–water partition coefficient (Wildman–Crippen LogP) is 2.08. The SMILES string of the molecule is NCc1ccc(S(=O)(=O)NCCc2ccc(Br)s2)o1. The summed E-state index contributed by atoms with van der Waals surface area (Å²) in [5.74, 6) is 0.447. The maximum atomic E-state index is 11.9. The van der Waals surface area contributed by atoms with Gasteiger partial charge >= 0.3 is 0 Å². The van der Waals surface area contributed by atoms with Crippen molar-refractivity contribution in [3.05, 3.63) is 38.7 Å². The molecule has 0 aliphatic rings. The quantitative estimate of drug-likeness (QED) is 0.821. The van der Waals surface area contributed by atoms with E-state index < -0.39 is 10.0 Å². The lowest BCUT2D eigenvalue weighted by Gasteiger charge is -2.03. The highest BCUT2D eigenvalue weighted by Crippen LogP contribution is 2.22. The molecule has 0 amide bonds. The normalized spacial score (nSPS) is 11.9. The molecule has 0 spiro atoms. The summed E-state index contributed by atoms with van der Waals surface area (Å²) in [6.45, 7) is 0.507. The third-order valence-corrected chi connectivity index (χ3v) is 5.41. The van der Waals surface area contributed by atoms with Gasteiger partial charge in [0.05, 0.1) is 10.3 Å². The van der Waals surface area contributed by atoms with Crippen LogP contribution in [0.1, 0.15) is 10.6 Å². The first kappa shape index (κ1) is 14.7. The fourth-order valence-corrected chi connectivity index (χ4v) is 3.94. The number of hydrogen-bond acceptors (Lipinski definition) is 5. The van der Waals surface area contributed by atoms with Gasteiger partial charge in [0.25, 0.3) is 10.0 Å². The summed E-state index contributed by atoms with van der Waals surface area (Å²) in [6.07, 6.45) is 0.639. The summed E-state index contributed by atoms with van der Waals surface area (Å²) in [5.41, 5.74) is 5.37. The van der Waals surface area contributed by atoms with Crippen molar-refractivity contribution in [2.75, 3.05) is 6.54 Å². The van der Waals surface area contributed by atoms with E-state index in [0.29, 0.717) is 18.7 Å². The smallest absolute Gasteiger partial charge is 0.273 e. The Morgan fingerprint density at radius 1 is 1.32 bits per heavy atom. The molecule has 0 fully saturated rings. The minimum absolute atomic E-state index is 0.0969. The van der Waals surface area contributed by atoms with Crippen molar-refractivity contribution in [1.29, 1.82) is 0 Å². The second-order valence-corrected chi connectivity index (χ2v) is 8.02. The van der Waals surface area contributed by atoms with Crippen LogP contribution in [0.3, 0.4) is 0 Å². The molecule has 0 saturated heterocycles. The zero-order chi connectivity index (χ0) is 13.9. The molecule has 0 radical (unpaired) electrons. The largest absolute Gasteiger partial charge is 0.447 e. The fourth-order valence-electron chi connectivity index (χ4n) is 1.48. The van der Waals surface area contributed by atoms with Crippen LogP contribution in [0.2, 0.25) is 0 Å². The Bertz CT molecular complexity index is 648. The lowest BCUT2D eigenvalue weighted by Crippen LogP contribution is -2.25. The van der Waals surface area contributed by atoms with E-state index in [1.807, 2.05) is 12.1 Å². The maximum absolute atomic E-state index is 11.9. The number of thiophene rings is 1. The van der Waals surface area contributed by atoms with Gasteiger partial charge in [-0.2, -0.15) is 0 Å². The van der Waals surface area contributed by atoms with Gasteiger partial charge in [0, 0.05) is 11.4 Å². The second-order valence-electron chi connectivity index (χ2n) is 3.78. The summed E-state index contributed by atoms with van der Waals surface area (Å²) < 4.78 is 32.5. The lowest BCUT2D eigenvalue weighted by atomic mass is 10.3. The lowest BCUT2D eigenvalue weighted by molar-refractivity contribution is 0.413. The van der Waals surface area contributed by atoms with E-state index in [0.717, 1.165) is 8.66 Å². The van der Waals surface area contributed by atoms with Crippen molar-refractivity contribution < 1.29 is 12.8 Å².